The Bertz CT molecular complexity index is 331. The third-order valence-electron chi connectivity index (χ3n) is 4.10. The van der Waals surface area contributed by atoms with Crippen molar-refractivity contribution in [3.05, 3.63) is 0 Å². The average molecular weight is 225 g/mol. The van der Waals surface area contributed by atoms with Gasteiger partial charge in [-0.2, -0.15) is 0 Å². The summed E-state index contributed by atoms with van der Waals surface area (Å²) in [5.41, 5.74) is -0.384. The predicted molar refractivity (Wildman–Crippen MR) is 58.7 cm³/mol. The lowest BCUT2D eigenvalue weighted by Crippen LogP contribution is -2.44. The molecule has 1 amide bonds. The molecule has 2 rings (SSSR count). The van der Waals surface area contributed by atoms with Gasteiger partial charge in [-0.1, -0.05) is 20.8 Å². The second kappa shape index (κ2) is 3.47. The molecule has 2 fully saturated rings. The Morgan fingerprint density at radius 2 is 1.81 bits per heavy atom. The second-order valence-corrected chi connectivity index (χ2v) is 5.90. The quantitative estimate of drug-likeness (QED) is 0.759. The summed E-state index contributed by atoms with van der Waals surface area (Å²) in [6.45, 7) is 5.85. The fourth-order valence-corrected chi connectivity index (χ4v) is 2.90. The molecule has 16 heavy (non-hydrogen) atoms. The van der Waals surface area contributed by atoms with Crippen LogP contribution in [0.2, 0.25) is 0 Å². The molecule has 0 aromatic heterocycles. The van der Waals surface area contributed by atoms with Gasteiger partial charge in [0.25, 0.3) is 0 Å². The zero-order valence-electron chi connectivity index (χ0n) is 9.99. The van der Waals surface area contributed by atoms with E-state index in [2.05, 4.69) is 12.2 Å². The molecule has 0 heterocycles. The number of carboxylic acids is 1. The summed E-state index contributed by atoms with van der Waals surface area (Å²) in [7, 11) is 0. The summed E-state index contributed by atoms with van der Waals surface area (Å²) in [5, 5.41) is 11.9. The number of carbonyl (C=O) groups is 2. The van der Waals surface area contributed by atoms with Crippen LogP contribution in [0, 0.1) is 23.2 Å². The minimum atomic E-state index is -0.855. The van der Waals surface area contributed by atoms with E-state index >= 15 is 0 Å². The fourth-order valence-electron chi connectivity index (χ4n) is 2.90. The highest BCUT2D eigenvalue weighted by molar-refractivity contribution is 5.91. The van der Waals surface area contributed by atoms with E-state index < -0.39 is 11.9 Å². The number of aliphatic carboxylic acids is 1. The van der Waals surface area contributed by atoms with Crippen molar-refractivity contribution in [1.29, 1.82) is 0 Å². The van der Waals surface area contributed by atoms with Gasteiger partial charge in [0.15, 0.2) is 0 Å². The van der Waals surface area contributed by atoms with Crippen molar-refractivity contribution in [2.45, 2.75) is 39.7 Å². The maximum Gasteiger partial charge on any atom is 0.307 e. The number of amides is 1. The lowest BCUT2D eigenvalue weighted by molar-refractivity contribution is -0.140. The van der Waals surface area contributed by atoms with Crippen molar-refractivity contribution >= 4 is 11.9 Å². The molecule has 4 heteroatoms. The molecule has 0 aromatic carbocycles. The molecular weight excluding hydrogens is 206 g/mol. The van der Waals surface area contributed by atoms with Crippen LogP contribution in [0.25, 0.3) is 0 Å². The number of rotatable bonds is 3. The van der Waals surface area contributed by atoms with Crippen molar-refractivity contribution in [3.8, 4) is 0 Å². The van der Waals surface area contributed by atoms with Gasteiger partial charge in [0.05, 0.1) is 11.8 Å². The SMILES string of the molecule is CC1CC(NC(=O)C2C(C(=O)O)C2(C)C)C1. The van der Waals surface area contributed by atoms with Crippen LogP contribution >= 0.6 is 0 Å². The topological polar surface area (TPSA) is 66.4 Å². The van der Waals surface area contributed by atoms with Gasteiger partial charge in [0, 0.05) is 6.04 Å². The van der Waals surface area contributed by atoms with Gasteiger partial charge in [-0.15, -0.1) is 0 Å². The Balaban J connectivity index is 1.89. The molecule has 2 aliphatic carbocycles. The molecular formula is C12H19NO3. The standard InChI is InChI=1S/C12H19NO3/c1-6-4-7(5-6)13-10(14)8-9(11(15)16)12(8,2)3/h6-9H,4-5H2,1-3H3,(H,13,14)(H,15,16). The molecule has 2 N–H and O–H groups in total. The van der Waals surface area contributed by atoms with E-state index in [0.29, 0.717) is 5.92 Å². The third kappa shape index (κ3) is 1.70. The van der Waals surface area contributed by atoms with Crippen molar-refractivity contribution in [2.24, 2.45) is 23.2 Å². The van der Waals surface area contributed by atoms with Crippen LogP contribution in [0.15, 0.2) is 0 Å². The molecule has 0 aliphatic heterocycles. The smallest absolute Gasteiger partial charge is 0.307 e. The molecule has 0 saturated heterocycles. The highest BCUT2D eigenvalue weighted by atomic mass is 16.4. The minimum Gasteiger partial charge on any atom is -0.481 e. The number of nitrogens with one attached hydrogen (secondary N) is 1. The number of carboxylic acid groups (broad SMARTS) is 1. The van der Waals surface area contributed by atoms with Crippen LogP contribution in [0.3, 0.4) is 0 Å². The van der Waals surface area contributed by atoms with Crippen LogP contribution in [0.1, 0.15) is 33.6 Å². The maximum absolute atomic E-state index is 11.9. The zero-order valence-corrected chi connectivity index (χ0v) is 9.99. The molecule has 90 valence electrons. The molecule has 2 unspecified atom stereocenters. The number of hydrogen-bond acceptors (Lipinski definition) is 2. The summed E-state index contributed by atoms with van der Waals surface area (Å²) in [5.74, 6) is -1.10. The highest BCUT2D eigenvalue weighted by Gasteiger charge is 2.66. The van der Waals surface area contributed by atoms with Gasteiger partial charge in [0.2, 0.25) is 5.91 Å². The Hall–Kier alpha value is -1.06. The van der Waals surface area contributed by atoms with E-state index in [1.807, 2.05) is 13.8 Å². The van der Waals surface area contributed by atoms with Crippen LogP contribution in [0.5, 0.6) is 0 Å². The fraction of sp³-hybridized carbons (Fsp3) is 0.833. The first-order chi connectivity index (χ1) is 7.34. The first kappa shape index (κ1) is 11.4. The van der Waals surface area contributed by atoms with E-state index in [1.54, 1.807) is 0 Å². The van der Waals surface area contributed by atoms with Crippen molar-refractivity contribution in [1.82, 2.24) is 5.32 Å². The van der Waals surface area contributed by atoms with Crippen molar-refractivity contribution < 1.29 is 14.7 Å². The van der Waals surface area contributed by atoms with Gasteiger partial charge >= 0.3 is 5.97 Å². The lowest BCUT2D eigenvalue weighted by Gasteiger charge is -2.33. The molecule has 4 nitrogen and oxygen atoms in total. The maximum atomic E-state index is 11.9. The van der Waals surface area contributed by atoms with Crippen LogP contribution in [-0.2, 0) is 9.59 Å². The Morgan fingerprint density at radius 3 is 2.19 bits per heavy atom. The summed E-state index contributed by atoms with van der Waals surface area (Å²) in [6.07, 6.45) is 2.05. The molecule has 0 spiro atoms. The molecule has 0 bridgehead atoms. The molecule has 2 aliphatic rings. The largest absolute Gasteiger partial charge is 0.481 e. The Morgan fingerprint density at radius 1 is 1.25 bits per heavy atom. The van der Waals surface area contributed by atoms with Crippen LogP contribution < -0.4 is 5.32 Å². The van der Waals surface area contributed by atoms with E-state index in [1.165, 1.54) is 0 Å². The van der Waals surface area contributed by atoms with E-state index in [4.69, 9.17) is 5.11 Å². The number of carbonyl (C=O) groups excluding carboxylic acids is 1. The Kier molecular flexibility index (Phi) is 2.48. The average Bonchev–Trinajstić information content (AvgIpc) is 2.66. The van der Waals surface area contributed by atoms with Gasteiger partial charge in [-0.3, -0.25) is 9.59 Å². The summed E-state index contributed by atoms with van der Waals surface area (Å²) < 4.78 is 0. The van der Waals surface area contributed by atoms with E-state index in [9.17, 15) is 9.59 Å². The first-order valence-corrected chi connectivity index (χ1v) is 5.87. The van der Waals surface area contributed by atoms with E-state index in [-0.39, 0.29) is 23.3 Å². The summed E-state index contributed by atoms with van der Waals surface area (Å²) >= 11 is 0. The van der Waals surface area contributed by atoms with Crippen LogP contribution in [0.4, 0.5) is 0 Å². The van der Waals surface area contributed by atoms with Crippen molar-refractivity contribution in [3.63, 3.8) is 0 Å². The molecule has 0 aromatic rings. The second-order valence-electron chi connectivity index (χ2n) is 5.90. The first-order valence-electron chi connectivity index (χ1n) is 5.87. The van der Waals surface area contributed by atoms with Gasteiger partial charge in [-0.05, 0) is 24.2 Å². The molecule has 0 radical (unpaired) electrons. The number of hydrogen-bond donors (Lipinski definition) is 2. The molecule has 2 saturated carbocycles. The summed E-state index contributed by atoms with van der Waals surface area (Å²) in [6, 6.07) is 0.272. The summed E-state index contributed by atoms with van der Waals surface area (Å²) in [4.78, 5) is 22.8. The predicted octanol–water partition coefficient (Wildman–Crippen LogP) is 1.26. The normalized spacial score (nSPS) is 39.7. The van der Waals surface area contributed by atoms with Gasteiger partial charge in [-0.25, -0.2) is 0 Å². The van der Waals surface area contributed by atoms with E-state index in [0.717, 1.165) is 12.8 Å². The third-order valence-corrected chi connectivity index (χ3v) is 4.10. The molecule has 2 atom stereocenters. The van der Waals surface area contributed by atoms with Crippen molar-refractivity contribution in [2.75, 3.05) is 0 Å². The minimum absolute atomic E-state index is 0.0747. The monoisotopic (exact) mass is 225 g/mol. The van der Waals surface area contributed by atoms with Crippen LogP contribution in [-0.4, -0.2) is 23.0 Å². The zero-order chi connectivity index (χ0) is 12.1. The van der Waals surface area contributed by atoms with Gasteiger partial charge < -0.3 is 10.4 Å². The Labute approximate surface area is 95.4 Å². The highest BCUT2D eigenvalue weighted by Crippen LogP contribution is 2.58. The lowest BCUT2D eigenvalue weighted by atomic mass is 9.82. The van der Waals surface area contributed by atoms with Gasteiger partial charge in [0.1, 0.15) is 0 Å².